The fourth-order valence-electron chi connectivity index (χ4n) is 3.86. The highest BCUT2D eigenvalue weighted by atomic mass is 17.2. The van der Waals surface area contributed by atoms with Crippen molar-refractivity contribution in [3.63, 3.8) is 0 Å². The first-order valence-corrected chi connectivity index (χ1v) is 10.3. The van der Waals surface area contributed by atoms with Gasteiger partial charge in [0, 0.05) is 0 Å². The Labute approximate surface area is 208 Å². The fourth-order valence-corrected chi connectivity index (χ4v) is 3.86. The Kier molecular flexibility index (Phi) is 7.91. The minimum Gasteiger partial charge on any atom is -0.394 e. The SMILES string of the molecule is O=C1CC2(O)CC(=O)OOC(=O)C(C3(O)O[C@H](CO)[C@@H](O)[C@H](O)[C@H]3O)C(O)(CC(=O)OO1)C(=O)OOC2=O. The molecule has 20 heteroatoms. The van der Waals surface area contributed by atoms with Gasteiger partial charge < -0.3 is 40.5 Å². The lowest BCUT2D eigenvalue weighted by Gasteiger charge is -2.50. The number of carbonyl (C=O) groups is 6. The number of fused-ring (bicyclic) bond motifs is 5. The van der Waals surface area contributed by atoms with Crippen molar-refractivity contribution in [2.45, 2.75) is 60.7 Å². The minimum absolute atomic E-state index is 1.22. The summed E-state index contributed by atoms with van der Waals surface area (Å²) >= 11 is 0. The van der Waals surface area contributed by atoms with Gasteiger partial charge in [0.05, 0.1) is 25.9 Å². The maximum absolute atomic E-state index is 13.0. The molecular formula is C18H20O20. The van der Waals surface area contributed by atoms with Crippen LogP contribution in [-0.4, -0.2) is 120 Å². The van der Waals surface area contributed by atoms with Gasteiger partial charge in [-0.25, -0.2) is 58.1 Å². The third-order valence-electron chi connectivity index (χ3n) is 5.78. The largest absolute Gasteiger partial charge is 0.394 e. The second-order valence-electron chi connectivity index (χ2n) is 8.45. The number of rotatable bonds is 2. The van der Waals surface area contributed by atoms with Crippen molar-refractivity contribution < 1.29 is 98.6 Å². The third-order valence-corrected chi connectivity index (χ3v) is 5.78. The van der Waals surface area contributed by atoms with Crippen LogP contribution in [0.2, 0.25) is 0 Å². The number of carbonyl (C=O) groups excluding carboxylic acids is 6. The second kappa shape index (κ2) is 10.3. The Balaban J connectivity index is 2.22. The molecule has 3 heterocycles. The van der Waals surface area contributed by atoms with Gasteiger partial charge in [-0.05, 0) is 0 Å². The topological polar surface area (TPSA) is 309 Å². The van der Waals surface area contributed by atoms with Crippen molar-refractivity contribution in [2.75, 3.05) is 6.61 Å². The predicted molar refractivity (Wildman–Crippen MR) is 98.7 cm³/mol. The second-order valence-corrected chi connectivity index (χ2v) is 8.45. The lowest BCUT2D eigenvalue weighted by molar-refractivity contribution is -0.384. The van der Waals surface area contributed by atoms with Crippen LogP contribution < -0.4 is 0 Å². The van der Waals surface area contributed by atoms with E-state index >= 15 is 0 Å². The van der Waals surface area contributed by atoms with Crippen LogP contribution in [0.25, 0.3) is 0 Å². The van der Waals surface area contributed by atoms with Crippen molar-refractivity contribution in [1.82, 2.24) is 0 Å². The van der Waals surface area contributed by atoms with Crippen LogP contribution in [0, 0.1) is 5.92 Å². The highest BCUT2D eigenvalue weighted by Crippen LogP contribution is 2.42. The summed E-state index contributed by atoms with van der Waals surface area (Å²) in [4.78, 5) is 99.1. The standard InChI is InChI=1S/C18H20O20/c19-4-5-9(23)10(24)12(25)18(31,32-5)11-13(26)36-35-7(21)2-16(29)1-6(20)33-34-8(22)3-17(11,30)15(28)38-37-14(16)27/h5,9-12,19,23-25,29-31H,1-4H2/t5-,9-,10+,11?,12-,16?,17?,18?/m1/s1. The van der Waals surface area contributed by atoms with E-state index < -0.39 is 109 Å². The van der Waals surface area contributed by atoms with Gasteiger partial charge in [-0.1, -0.05) is 0 Å². The molecule has 38 heavy (non-hydrogen) atoms. The molecule has 3 aliphatic rings. The molecule has 0 spiro atoms. The van der Waals surface area contributed by atoms with E-state index in [1.807, 2.05) is 0 Å². The van der Waals surface area contributed by atoms with E-state index in [0.717, 1.165) is 0 Å². The van der Waals surface area contributed by atoms with Crippen molar-refractivity contribution in [3.05, 3.63) is 0 Å². The van der Waals surface area contributed by atoms with Gasteiger partial charge in [0.25, 0.3) is 0 Å². The van der Waals surface area contributed by atoms with E-state index in [1.54, 1.807) is 0 Å². The quantitative estimate of drug-likeness (QED) is 0.155. The number of aliphatic hydroxyl groups is 7. The van der Waals surface area contributed by atoms with Crippen LogP contribution in [0.1, 0.15) is 19.3 Å². The molecule has 0 saturated carbocycles. The Morgan fingerprint density at radius 2 is 1.18 bits per heavy atom. The van der Waals surface area contributed by atoms with Gasteiger partial charge >= 0.3 is 35.8 Å². The Morgan fingerprint density at radius 1 is 0.684 bits per heavy atom. The number of aliphatic hydroxyl groups excluding tert-OH is 4. The molecule has 8 atom stereocenters. The Bertz CT molecular complexity index is 1020. The van der Waals surface area contributed by atoms with Gasteiger partial charge in [0.2, 0.25) is 5.79 Å². The van der Waals surface area contributed by atoms with E-state index in [4.69, 9.17) is 4.74 Å². The van der Waals surface area contributed by atoms with Crippen molar-refractivity contribution >= 4 is 35.8 Å². The van der Waals surface area contributed by atoms with Crippen molar-refractivity contribution in [1.29, 1.82) is 0 Å². The monoisotopic (exact) mass is 556 g/mol. The van der Waals surface area contributed by atoms with Crippen molar-refractivity contribution in [3.8, 4) is 0 Å². The van der Waals surface area contributed by atoms with Crippen LogP contribution in [0.3, 0.4) is 0 Å². The summed E-state index contributed by atoms with van der Waals surface area (Å²) in [5.41, 5.74) is -7.19. The lowest BCUT2D eigenvalue weighted by atomic mass is 9.73. The summed E-state index contributed by atoms with van der Waals surface area (Å²) in [6.45, 7) is -1.22. The van der Waals surface area contributed by atoms with Crippen LogP contribution >= 0.6 is 0 Å². The zero-order chi connectivity index (χ0) is 28.6. The third kappa shape index (κ3) is 5.10. The van der Waals surface area contributed by atoms with E-state index in [9.17, 15) is 64.5 Å². The summed E-state index contributed by atoms with van der Waals surface area (Å²) in [7, 11) is 0. The van der Waals surface area contributed by atoms with Crippen LogP contribution in [-0.2, 0) is 62.8 Å². The molecule has 0 aliphatic carbocycles. The molecule has 212 valence electrons. The average Bonchev–Trinajstić information content (AvgIpc) is 2.84. The summed E-state index contributed by atoms with van der Waals surface area (Å²) < 4.78 is 4.90. The van der Waals surface area contributed by atoms with Gasteiger partial charge in [-0.3, -0.25) is 0 Å². The van der Waals surface area contributed by atoms with Crippen LogP contribution in [0.15, 0.2) is 0 Å². The zero-order valence-electron chi connectivity index (χ0n) is 18.7. The van der Waals surface area contributed by atoms with Crippen LogP contribution in [0.5, 0.6) is 0 Å². The number of hydrogen-bond donors (Lipinski definition) is 7. The first-order valence-electron chi connectivity index (χ1n) is 10.3. The van der Waals surface area contributed by atoms with E-state index in [2.05, 4.69) is 29.3 Å². The average molecular weight is 556 g/mol. The first kappa shape index (κ1) is 29.1. The van der Waals surface area contributed by atoms with E-state index in [0.29, 0.717) is 0 Å². The molecule has 0 amide bonds. The molecule has 2 bridgehead atoms. The highest BCUT2D eigenvalue weighted by Gasteiger charge is 2.69. The van der Waals surface area contributed by atoms with Gasteiger partial charge in [0.15, 0.2) is 17.1 Å². The molecule has 3 saturated heterocycles. The summed E-state index contributed by atoms with van der Waals surface area (Å²) in [5.74, 6) is -19.0. The summed E-state index contributed by atoms with van der Waals surface area (Å²) in [6.07, 6.45) is -14.4. The van der Waals surface area contributed by atoms with Crippen LogP contribution in [0.4, 0.5) is 0 Å². The van der Waals surface area contributed by atoms with Crippen molar-refractivity contribution in [2.24, 2.45) is 5.92 Å². The smallest absolute Gasteiger partial charge is 0.388 e. The summed E-state index contributed by atoms with van der Waals surface area (Å²) in [5, 5.41) is 72.7. The molecule has 4 unspecified atom stereocenters. The zero-order valence-corrected chi connectivity index (χ0v) is 18.7. The Morgan fingerprint density at radius 3 is 1.74 bits per heavy atom. The molecule has 20 nitrogen and oxygen atoms in total. The Hall–Kier alpha value is -3.50. The highest BCUT2D eigenvalue weighted by molar-refractivity contribution is 5.94. The maximum atomic E-state index is 13.0. The molecule has 0 aromatic rings. The molecule has 0 aromatic heterocycles. The van der Waals surface area contributed by atoms with Gasteiger partial charge in [-0.15, -0.1) is 0 Å². The predicted octanol–water partition coefficient (Wildman–Crippen LogP) is -6.57. The molecule has 3 aliphatic heterocycles. The molecule has 0 radical (unpaired) electrons. The normalized spacial score (nSPS) is 41.3. The van der Waals surface area contributed by atoms with Gasteiger partial charge in [-0.2, -0.15) is 0 Å². The number of ether oxygens (including phenoxy) is 1. The van der Waals surface area contributed by atoms with E-state index in [-0.39, 0.29) is 0 Å². The molecule has 3 rings (SSSR count). The minimum atomic E-state index is -3.94. The molecule has 7 N–H and O–H groups in total. The number of hydrogen-bond acceptors (Lipinski definition) is 20. The fraction of sp³-hybridized carbons (Fsp3) is 0.667. The molecule has 0 aromatic carbocycles. The molecule has 3 fully saturated rings. The maximum Gasteiger partial charge on any atom is 0.388 e. The summed E-state index contributed by atoms with van der Waals surface area (Å²) in [6, 6.07) is 0. The lowest BCUT2D eigenvalue weighted by Crippen LogP contribution is -2.73. The first-order chi connectivity index (χ1) is 17.6. The van der Waals surface area contributed by atoms with E-state index in [1.165, 1.54) is 0 Å². The molecular weight excluding hydrogens is 536 g/mol. The van der Waals surface area contributed by atoms with Gasteiger partial charge in [0.1, 0.15) is 24.4 Å².